The lowest BCUT2D eigenvalue weighted by atomic mass is 10.2. The first-order valence-corrected chi connectivity index (χ1v) is 7.28. The van der Waals surface area contributed by atoms with Gasteiger partial charge in [-0.25, -0.2) is 0 Å². The number of halogens is 2. The molecule has 0 atom stereocenters. The van der Waals surface area contributed by atoms with Gasteiger partial charge < -0.3 is 14.8 Å². The second-order valence-corrected chi connectivity index (χ2v) is 5.85. The fourth-order valence-electron chi connectivity index (χ4n) is 1.93. The zero-order chi connectivity index (χ0) is 15.2. The molecule has 21 heavy (non-hydrogen) atoms. The van der Waals surface area contributed by atoms with Crippen LogP contribution in [0.4, 0.5) is 8.78 Å². The highest BCUT2D eigenvalue weighted by molar-refractivity contribution is 7.11. The molecule has 0 saturated carbocycles. The lowest BCUT2D eigenvalue weighted by molar-refractivity contribution is -0.0512. The molecule has 3 nitrogen and oxygen atoms in total. The maximum Gasteiger partial charge on any atom is 0.387 e. The van der Waals surface area contributed by atoms with Gasteiger partial charge >= 0.3 is 6.61 Å². The summed E-state index contributed by atoms with van der Waals surface area (Å²) in [7, 11) is 1.42. The average Bonchev–Trinajstić information content (AvgIpc) is 2.84. The van der Waals surface area contributed by atoms with Gasteiger partial charge in [-0.3, -0.25) is 0 Å². The highest BCUT2D eigenvalue weighted by Crippen LogP contribution is 2.29. The van der Waals surface area contributed by atoms with Crippen LogP contribution in [0.15, 0.2) is 30.3 Å². The van der Waals surface area contributed by atoms with Crippen LogP contribution in [0.3, 0.4) is 0 Å². The summed E-state index contributed by atoms with van der Waals surface area (Å²) in [6.45, 7) is 0.512. The maximum absolute atomic E-state index is 12.4. The Morgan fingerprint density at radius 2 is 1.95 bits per heavy atom. The number of ether oxygens (including phenoxy) is 2. The summed E-state index contributed by atoms with van der Waals surface area (Å²) >= 11 is 1.73. The van der Waals surface area contributed by atoms with Crippen molar-refractivity contribution in [1.82, 2.24) is 5.32 Å². The largest absolute Gasteiger partial charge is 0.493 e. The summed E-state index contributed by atoms with van der Waals surface area (Å²) in [6, 6.07) is 9.17. The Bertz CT molecular complexity index is 587. The number of aryl methyl sites for hydroxylation is 1. The van der Waals surface area contributed by atoms with Crippen LogP contribution in [-0.2, 0) is 13.1 Å². The lowest BCUT2D eigenvalue weighted by Crippen LogP contribution is -2.12. The van der Waals surface area contributed by atoms with Crippen LogP contribution in [0.2, 0.25) is 0 Å². The standard InChI is InChI=1S/C15H17F2NO2S/c1-10-3-5-12(21-10)9-18-8-11-4-6-13(19-2)14(7-11)20-15(16)17/h3-7,15,18H,8-9H2,1-2H3. The van der Waals surface area contributed by atoms with Crippen LogP contribution >= 0.6 is 11.3 Å². The SMILES string of the molecule is COc1ccc(CNCc2ccc(C)s2)cc1OC(F)F. The van der Waals surface area contributed by atoms with Crippen LogP contribution in [0.25, 0.3) is 0 Å². The Kier molecular flexibility index (Phi) is 5.52. The molecule has 1 N–H and O–H groups in total. The second kappa shape index (κ2) is 7.38. The molecule has 0 aliphatic carbocycles. The van der Waals surface area contributed by atoms with Crippen LogP contribution < -0.4 is 14.8 Å². The van der Waals surface area contributed by atoms with Crippen LogP contribution in [0.5, 0.6) is 11.5 Å². The third-order valence-corrected chi connectivity index (χ3v) is 3.87. The molecule has 0 aliphatic heterocycles. The third-order valence-electron chi connectivity index (χ3n) is 2.87. The fourth-order valence-corrected chi connectivity index (χ4v) is 2.79. The van der Waals surface area contributed by atoms with Gasteiger partial charge in [0, 0.05) is 22.8 Å². The molecule has 114 valence electrons. The van der Waals surface area contributed by atoms with Gasteiger partial charge in [0.15, 0.2) is 11.5 Å². The van der Waals surface area contributed by atoms with E-state index in [-0.39, 0.29) is 5.75 Å². The van der Waals surface area contributed by atoms with Crippen LogP contribution in [0, 0.1) is 6.92 Å². The number of rotatable bonds is 7. The lowest BCUT2D eigenvalue weighted by Gasteiger charge is -2.11. The summed E-state index contributed by atoms with van der Waals surface area (Å²) in [5.41, 5.74) is 0.861. The van der Waals surface area contributed by atoms with Gasteiger partial charge in [-0.2, -0.15) is 8.78 Å². The van der Waals surface area contributed by atoms with E-state index in [1.54, 1.807) is 23.5 Å². The van der Waals surface area contributed by atoms with Crippen molar-refractivity contribution >= 4 is 11.3 Å². The molecule has 0 spiro atoms. The number of alkyl halides is 2. The van der Waals surface area contributed by atoms with E-state index in [2.05, 4.69) is 29.1 Å². The number of methoxy groups -OCH3 is 1. The van der Waals surface area contributed by atoms with E-state index in [4.69, 9.17) is 4.74 Å². The topological polar surface area (TPSA) is 30.5 Å². The molecule has 0 unspecified atom stereocenters. The Hall–Kier alpha value is -1.66. The van der Waals surface area contributed by atoms with E-state index >= 15 is 0 Å². The van der Waals surface area contributed by atoms with Crippen molar-refractivity contribution in [1.29, 1.82) is 0 Å². The zero-order valence-electron chi connectivity index (χ0n) is 11.9. The van der Waals surface area contributed by atoms with Crippen molar-refractivity contribution in [2.75, 3.05) is 7.11 Å². The molecule has 0 amide bonds. The summed E-state index contributed by atoms with van der Waals surface area (Å²) in [6.07, 6.45) is 0. The fraction of sp³-hybridized carbons (Fsp3) is 0.333. The van der Waals surface area contributed by atoms with Crippen molar-refractivity contribution in [3.63, 3.8) is 0 Å². The van der Waals surface area contributed by atoms with E-state index in [0.717, 1.165) is 12.1 Å². The van der Waals surface area contributed by atoms with Gasteiger partial charge in [-0.15, -0.1) is 11.3 Å². The average molecular weight is 313 g/mol. The summed E-state index contributed by atoms with van der Waals surface area (Å²) in [5.74, 6) is 0.353. The van der Waals surface area contributed by atoms with Gasteiger partial charge in [-0.1, -0.05) is 6.07 Å². The summed E-state index contributed by atoms with van der Waals surface area (Å²) in [4.78, 5) is 2.51. The van der Waals surface area contributed by atoms with Crippen molar-refractivity contribution < 1.29 is 18.3 Å². The van der Waals surface area contributed by atoms with Crippen LogP contribution in [0.1, 0.15) is 15.3 Å². The number of thiophene rings is 1. The molecule has 1 aromatic heterocycles. The first-order valence-electron chi connectivity index (χ1n) is 6.46. The van der Waals surface area contributed by atoms with E-state index in [9.17, 15) is 8.78 Å². The first kappa shape index (κ1) is 15.7. The molecular formula is C15H17F2NO2S. The Balaban J connectivity index is 1.96. The molecule has 0 fully saturated rings. The summed E-state index contributed by atoms with van der Waals surface area (Å²) < 4.78 is 34.2. The van der Waals surface area contributed by atoms with Gasteiger partial charge in [0.1, 0.15) is 0 Å². The number of hydrogen-bond donors (Lipinski definition) is 1. The van der Waals surface area contributed by atoms with Gasteiger partial charge in [-0.05, 0) is 36.8 Å². The maximum atomic E-state index is 12.4. The minimum absolute atomic E-state index is 0.0544. The third kappa shape index (κ3) is 4.68. The molecule has 1 heterocycles. The molecule has 2 aromatic rings. The van der Waals surface area contributed by atoms with E-state index < -0.39 is 6.61 Å². The molecular weight excluding hydrogens is 296 g/mol. The minimum Gasteiger partial charge on any atom is -0.493 e. The number of benzene rings is 1. The predicted octanol–water partition coefficient (Wildman–Crippen LogP) is 3.96. The highest BCUT2D eigenvalue weighted by Gasteiger charge is 2.11. The molecule has 6 heteroatoms. The quantitative estimate of drug-likeness (QED) is 0.839. The molecule has 0 aliphatic rings. The van der Waals surface area contributed by atoms with Crippen molar-refractivity contribution in [3.8, 4) is 11.5 Å². The van der Waals surface area contributed by atoms with E-state index in [0.29, 0.717) is 12.3 Å². The van der Waals surface area contributed by atoms with Crippen molar-refractivity contribution in [3.05, 3.63) is 45.6 Å². The predicted molar refractivity (Wildman–Crippen MR) is 79.2 cm³/mol. The van der Waals surface area contributed by atoms with Crippen LogP contribution in [-0.4, -0.2) is 13.7 Å². The van der Waals surface area contributed by atoms with Gasteiger partial charge in [0.05, 0.1) is 7.11 Å². The number of nitrogens with one attached hydrogen (secondary N) is 1. The minimum atomic E-state index is -2.86. The Morgan fingerprint density at radius 1 is 1.14 bits per heavy atom. The molecule has 2 rings (SSSR count). The molecule has 0 bridgehead atoms. The van der Waals surface area contributed by atoms with Gasteiger partial charge in [0.25, 0.3) is 0 Å². The summed E-state index contributed by atoms with van der Waals surface area (Å²) in [5, 5.41) is 3.28. The smallest absolute Gasteiger partial charge is 0.387 e. The molecule has 0 radical (unpaired) electrons. The molecule has 1 aromatic carbocycles. The monoisotopic (exact) mass is 313 g/mol. The van der Waals surface area contributed by atoms with E-state index in [1.807, 2.05) is 6.07 Å². The molecule has 0 saturated heterocycles. The van der Waals surface area contributed by atoms with Crippen molar-refractivity contribution in [2.24, 2.45) is 0 Å². The Labute approximate surface area is 126 Å². The highest BCUT2D eigenvalue weighted by atomic mass is 32.1. The zero-order valence-corrected chi connectivity index (χ0v) is 12.7. The van der Waals surface area contributed by atoms with Crippen molar-refractivity contribution in [2.45, 2.75) is 26.6 Å². The van der Waals surface area contributed by atoms with E-state index in [1.165, 1.54) is 16.9 Å². The normalized spacial score (nSPS) is 10.9. The Morgan fingerprint density at radius 3 is 2.57 bits per heavy atom. The first-order chi connectivity index (χ1) is 10.1. The number of hydrogen-bond acceptors (Lipinski definition) is 4. The van der Waals surface area contributed by atoms with Gasteiger partial charge in [0.2, 0.25) is 0 Å². The second-order valence-electron chi connectivity index (χ2n) is 4.48.